The van der Waals surface area contributed by atoms with Crippen molar-refractivity contribution < 1.29 is 13.9 Å². The minimum atomic E-state index is -0.177. The van der Waals surface area contributed by atoms with Crippen molar-refractivity contribution in [3.63, 3.8) is 0 Å². The summed E-state index contributed by atoms with van der Waals surface area (Å²) in [5.74, 6) is 1.37. The maximum Gasteiger partial charge on any atom is 0.289 e. The zero-order valence-corrected chi connectivity index (χ0v) is 16.7. The number of carbonyl (C=O) groups is 1. The van der Waals surface area contributed by atoms with Crippen LogP contribution < -0.4 is 0 Å². The van der Waals surface area contributed by atoms with Gasteiger partial charge in [-0.1, -0.05) is 20.8 Å². The Labute approximate surface area is 152 Å². The molecule has 0 spiro atoms. The number of amides is 1. The van der Waals surface area contributed by atoms with Gasteiger partial charge in [-0.25, -0.2) is 0 Å². The van der Waals surface area contributed by atoms with Crippen LogP contribution >= 0.6 is 0 Å². The van der Waals surface area contributed by atoms with Gasteiger partial charge in [0.1, 0.15) is 5.76 Å². The van der Waals surface area contributed by atoms with Crippen molar-refractivity contribution in [3.8, 4) is 0 Å². The lowest BCUT2D eigenvalue weighted by Crippen LogP contribution is -2.46. The Balaban J connectivity index is 2.14. The Morgan fingerprint density at radius 1 is 1.28 bits per heavy atom. The first kappa shape index (κ1) is 20.0. The first-order valence-corrected chi connectivity index (χ1v) is 9.56. The smallest absolute Gasteiger partial charge is 0.289 e. The third-order valence-corrected chi connectivity index (χ3v) is 5.26. The molecule has 1 saturated heterocycles. The van der Waals surface area contributed by atoms with Gasteiger partial charge in [-0.15, -0.1) is 0 Å². The summed E-state index contributed by atoms with van der Waals surface area (Å²) in [6, 6.07) is 2.14. The van der Waals surface area contributed by atoms with Crippen molar-refractivity contribution >= 4 is 5.91 Å². The van der Waals surface area contributed by atoms with Crippen LogP contribution in [0.25, 0.3) is 0 Å². The second-order valence-corrected chi connectivity index (χ2v) is 7.54. The summed E-state index contributed by atoms with van der Waals surface area (Å²) in [5.41, 5.74) is 0.957. The molecule has 0 aromatic carbocycles. The van der Waals surface area contributed by atoms with Crippen LogP contribution in [0.5, 0.6) is 0 Å². The van der Waals surface area contributed by atoms with E-state index in [1.165, 1.54) is 0 Å². The predicted molar refractivity (Wildman–Crippen MR) is 99.9 cm³/mol. The van der Waals surface area contributed by atoms with Crippen LogP contribution in [0.1, 0.15) is 69.3 Å². The van der Waals surface area contributed by atoms with E-state index in [9.17, 15) is 4.79 Å². The molecule has 1 fully saturated rings. The van der Waals surface area contributed by atoms with Gasteiger partial charge in [0.25, 0.3) is 5.91 Å². The molecule has 1 amide bonds. The number of ether oxygens (including phenoxy) is 1. The summed E-state index contributed by atoms with van der Waals surface area (Å²) in [4.78, 5) is 17.1. The standard InChI is InChI=1S/C20H34N2O3/c1-7-17-15(14-22(8-2)9-3)12-18(25-17)19(23)21(6)16-10-11-24-20(4,5)13-16/h12,16H,7-11,13-14H2,1-6H3/t16-/m1/s1. The zero-order valence-electron chi connectivity index (χ0n) is 16.7. The monoisotopic (exact) mass is 350 g/mol. The Bertz CT molecular complexity index is 575. The number of aryl methyl sites for hydroxylation is 1. The van der Waals surface area contributed by atoms with E-state index in [0.29, 0.717) is 12.4 Å². The summed E-state index contributed by atoms with van der Waals surface area (Å²) in [7, 11) is 1.88. The largest absolute Gasteiger partial charge is 0.456 e. The third-order valence-electron chi connectivity index (χ3n) is 5.26. The van der Waals surface area contributed by atoms with Gasteiger partial charge in [-0.05, 0) is 45.8 Å². The fourth-order valence-electron chi connectivity index (χ4n) is 3.56. The molecular formula is C20H34N2O3. The molecule has 0 unspecified atom stereocenters. The van der Waals surface area contributed by atoms with E-state index in [-0.39, 0.29) is 17.6 Å². The molecule has 5 nitrogen and oxygen atoms in total. The molecule has 1 aromatic heterocycles. The maximum absolute atomic E-state index is 12.9. The van der Waals surface area contributed by atoms with Crippen LogP contribution in [0, 0.1) is 0 Å². The number of rotatable bonds is 7. The van der Waals surface area contributed by atoms with E-state index in [4.69, 9.17) is 9.15 Å². The molecule has 2 heterocycles. The SMILES string of the molecule is CCc1oc(C(=O)N(C)[C@@H]2CCOC(C)(C)C2)cc1CN(CC)CC. The van der Waals surface area contributed by atoms with E-state index in [1.807, 2.05) is 18.0 Å². The van der Waals surface area contributed by atoms with Crippen molar-refractivity contribution in [1.82, 2.24) is 9.80 Å². The van der Waals surface area contributed by atoms with Crippen LogP contribution in [0.4, 0.5) is 0 Å². The van der Waals surface area contributed by atoms with Gasteiger partial charge in [0, 0.05) is 38.2 Å². The Hall–Kier alpha value is -1.33. The number of hydrogen-bond donors (Lipinski definition) is 0. The van der Waals surface area contributed by atoms with Crippen molar-refractivity contribution in [2.75, 3.05) is 26.7 Å². The van der Waals surface area contributed by atoms with Crippen LogP contribution in [-0.4, -0.2) is 54.1 Å². The fourth-order valence-corrected chi connectivity index (χ4v) is 3.56. The lowest BCUT2D eigenvalue weighted by molar-refractivity contribution is -0.0758. The van der Waals surface area contributed by atoms with Crippen LogP contribution in [0.2, 0.25) is 0 Å². The second kappa shape index (κ2) is 8.37. The molecule has 1 aliphatic heterocycles. The third kappa shape index (κ3) is 4.85. The van der Waals surface area contributed by atoms with Gasteiger partial charge in [-0.3, -0.25) is 9.69 Å². The van der Waals surface area contributed by atoms with Crippen molar-refractivity contribution in [2.45, 2.75) is 72.1 Å². The summed E-state index contributed by atoms with van der Waals surface area (Å²) in [6.07, 6.45) is 2.53. The van der Waals surface area contributed by atoms with Crippen molar-refractivity contribution in [1.29, 1.82) is 0 Å². The van der Waals surface area contributed by atoms with Gasteiger partial charge in [0.15, 0.2) is 5.76 Å². The minimum absolute atomic E-state index is 0.0248. The molecule has 0 bridgehead atoms. The highest BCUT2D eigenvalue weighted by Gasteiger charge is 2.34. The quantitative estimate of drug-likeness (QED) is 0.752. The van der Waals surface area contributed by atoms with E-state index in [2.05, 4.69) is 39.5 Å². The van der Waals surface area contributed by atoms with Crippen LogP contribution in [0.3, 0.4) is 0 Å². The lowest BCUT2D eigenvalue weighted by atomic mass is 9.93. The highest BCUT2D eigenvalue weighted by atomic mass is 16.5. The van der Waals surface area contributed by atoms with E-state index in [1.54, 1.807) is 0 Å². The van der Waals surface area contributed by atoms with Crippen molar-refractivity contribution in [3.05, 3.63) is 23.2 Å². The molecule has 5 heteroatoms. The average molecular weight is 351 g/mol. The topological polar surface area (TPSA) is 45.9 Å². The normalized spacial score (nSPS) is 20.0. The molecule has 1 aromatic rings. The van der Waals surface area contributed by atoms with Crippen LogP contribution in [-0.2, 0) is 17.7 Å². The second-order valence-electron chi connectivity index (χ2n) is 7.54. The molecule has 25 heavy (non-hydrogen) atoms. The van der Waals surface area contributed by atoms with Gasteiger partial charge in [-0.2, -0.15) is 0 Å². The van der Waals surface area contributed by atoms with Gasteiger partial charge in [0.05, 0.1) is 5.60 Å². The molecule has 2 rings (SSSR count). The molecule has 0 radical (unpaired) electrons. The molecule has 0 N–H and O–H groups in total. The van der Waals surface area contributed by atoms with E-state index < -0.39 is 0 Å². The average Bonchev–Trinajstić information content (AvgIpc) is 3.00. The predicted octanol–water partition coefficient (Wildman–Crippen LogP) is 3.71. The van der Waals surface area contributed by atoms with E-state index in [0.717, 1.165) is 50.2 Å². The number of hydrogen-bond acceptors (Lipinski definition) is 4. The molecule has 1 atom stereocenters. The zero-order chi connectivity index (χ0) is 18.6. The highest BCUT2D eigenvalue weighted by molar-refractivity contribution is 5.91. The highest BCUT2D eigenvalue weighted by Crippen LogP contribution is 2.28. The number of carbonyl (C=O) groups excluding carboxylic acids is 1. The molecule has 1 aliphatic rings. The van der Waals surface area contributed by atoms with E-state index >= 15 is 0 Å². The fraction of sp³-hybridized carbons (Fsp3) is 0.750. The summed E-state index contributed by atoms with van der Waals surface area (Å²) < 4.78 is 11.7. The lowest BCUT2D eigenvalue weighted by Gasteiger charge is -2.39. The first-order valence-electron chi connectivity index (χ1n) is 9.56. The summed E-state index contributed by atoms with van der Waals surface area (Å²) in [6.45, 7) is 14.1. The number of furan rings is 1. The molecule has 142 valence electrons. The molecule has 0 aliphatic carbocycles. The molecule has 0 saturated carbocycles. The van der Waals surface area contributed by atoms with Gasteiger partial charge < -0.3 is 14.1 Å². The Morgan fingerprint density at radius 3 is 2.52 bits per heavy atom. The summed E-state index contributed by atoms with van der Waals surface area (Å²) in [5, 5.41) is 0. The Kier molecular flexibility index (Phi) is 6.69. The van der Waals surface area contributed by atoms with Crippen LogP contribution in [0.15, 0.2) is 10.5 Å². The van der Waals surface area contributed by atoms with Crippen molar-refractivity contribution in [2.24, 2.45) is 0 Å². The molecular weight excluding hydrogens is 316 g/mol. The van der Waals surface area contributed by atoms with Gasteiger partial charge in [0.2, 0.25) is 0 Å². The minimum Gasteiger partial charge on any atom is -0.456 e. The maximum atomic E-state index is 12.9. The Morgan fingerprint density at radius 2 is 1.96 bits per heavy atom. The number of nitrogens with zero attached hydrogens (tertiary/aromatic N) is 2. The van der Waals surface area contributed by atoms with Gasteiger partial charge >= 0.3 is 0 Å². The first-order chi connectivity index (χ1) is 11.8. The summed E-state index contributed by atoms with van der Waals surface area (Å²) >= 11 is 0.